The van der Waals surface area contributed by atoms with Gasteiger partial charge in [0.2, 0.25) is 0 Å². The zero-order chi connectivity index (χ0) is 57.4. The summed E-state index contributed by atoms with van der Waals surface area (Å²) < 4.78 is 15.6. The summed E-state index contributed by atoms with van der Waals surface area (Å²) in [4.78, 5) is 0. The van der Waals surface area contributed by atoms with Gasteiger partial charge in [0.25, 0.3) is 0 Å². The van der Waals surface area contributed by atoms with Crippen LogP contribution in [0.15, 0.2) is 191 Å². The molecule has 0 unspecified atom stereocenters. The van der Waals surface area contributed by atoms with E-state index in [0.29, 0.717) is 0 Å². The fourth-order valence-corrected chi connectivity index (χ4v) is 10.6. The van der Waals surface area contributed by atoms with Gasteiger partial charge in [-0.05, 0) is 254 Å². The van der Waals surface area contributed by atoms with Gasteiger partial charge in [-0.15, -0.1) is 24.2 Å². The fourth-order valence-electron chi connectivity index (χ4n) is 8.50. The van der Waals surface area contributed by atoms with Gasteiger partial charge in [-0.1, -0.05) is 174 Å². The highest BCUT2D eigenvalue weighted by Gasteiger charge is 2.51. The first-order valence-electron chi connectivity index (χ1n) is 25.2. The van der Waals surface area contributed by atoms with Crippen molar-refractivity contribution in [3.63, 3.8) is 0 Å². The van der Waals surface area contributed by atoms with Crippen molar-refractivity contribution in [1.82, 2.24) is 0 Å². The Balaban J connectivity index is 0.000000164. The number of hydrogen-bond acceptors (Lipinski definition) is 2. The second-order valence-electron chi connectivity index (χ2n) is 19.2. The predicted molar refractivity (Wildman–Crippen MR) is 361 cm³/mol. The van der Waals surface area contributed by atoms with Crippen LogP contribution in [0.25, 0.3) is 54.2 Å². The highest BCUT2D eigenvalue weighted by Crippen LogP contribution is 2.38. The molecule has 10 heteroatoms. The molecule has 0 saturated carbocycles. The van der Waals surface area contributed by atoms with Crippen LogP contribution in [0.4, 0.5) is 0 Å². The van der Waals surface area contributed by atoms with Gasteiger partial charge in [0.15, 0.2) is 0 Å². The lowest BCUT2D eigenvalue weighted by Gasteiger charge is -2.32. The van der Waals surface area contributed by atoms with E-state index in [2.05, 4.69) is 229 Å². The molecule has 1 aliphatic rings. The summed E-state index contributed by atoms with van der Waals surface area (Å²) >= 11 is 32.5. The average molecular weight is 1360 g/mol. The van der Waals surface area contributed by atoms with Crippen molar-refractivity contribution < 1.29 is 9.31 Å². The van der Waals surface area contributed by atoms with Crippen molar-refractivity contribution in [3.05, 3.63) is 237 Å². The first-order valence-corrected chi connectivity index (χ1v) is 29.4. The van der Waals surface area contributed by atoms with E-state index in [1.807, 2.05) is 91.9 Å². The van der Waals surface area contributed by atoms with Crippen LogP contribution in [0.5, 0.6) is 0 Å². The van der Waals surface area contributed by atoms with Crippen LogP contribution in [0.3, 0.4) is 0 Å². The van der Waals surface area contributed by atoms with E-state index in [1.54, 1.807) is 13.8 Å². The van der Waals surface area contributed by atoms with E-state index in [0.717, 1.165) is 56.8 Å². The molecule has 2 nitrogen and oxygen atoms in total. The smallest absolute Gasteiger partial charge is 0.399 e. The van der Waals surface area contributed by atoms with Crippen molar-refractivity contribution in [2.45, 2.75) is 73.5 Å². The molecule has 0 aromatic heterocycles. The van der Waals surface area contributed by atoms with Crippen molar-refractivity contribution in [3.8, 4) is 47.2 Å². The number of fused-ring (bicyclic) bond motifs is 6. The molecular formula is C69H58BBr2Cl4IO2. The van der Waals surface area contributed by atoms with Crippen molar-refractivity contribution in [1.29, 1.82) is 0 Å². The third-order valence-corrected chi connectivity index (χ3v) is 17.0. The van der Waals surface area contributed by atoms with Crippen LogP contribution in [0.2, 0.25) is 20.1 Å². The van der Waals surface area contributed by atoms with Crippen molar-refractivity contribution in [2.24, 2.45) is 0 Å². The second-order valence-corrected chi connectivity index (χ2v) is 23.8. The van der Waals surface area contributed by atoms with Gasteiger partial charge in [-0.2, -0.15) is 0 Å². The van der Waals surface area contributed by atoms with Crippen LogP contribution < -0.4 is 5.46 Å². The summed E-state index contributed by atoms with van der Waals surface area (Å²) in [7, 11) is -0.320. The molecule has 11 rings (SSSR count). The monoisotopic (exact) mass is 1350 g/mol. The van der Waals surface area contributed by atoms with E-state index < -0.39 is 0 Å². The first kappa shape index (κ1) is 62.9. The third kappa shape index (κ3) is 16.9. The summed E-state index contributed by atoms with van der Waals surface area (Å²) in [5.74, 6) is 14.0. The Kier molecular flexibility index (Phi) is 23.5. The number of benzene rings is 10. The Morgan fingerprint density at radius 2 is 0.886 bits per heavy atom. The van der Waals surface area contributed by atoms with Crippen LogP contribution in [0, 0.1) is 53.4 Å². The third-order valence-electron chi connectivity index (χ3n) is 13.0. The lowest BCUT2D eigenvalue weighted by Crippen LogP contribution is -2.41. The van der Waals surface area contributed by atoms with Crippen LogP contribution in [0.1, 0.15) is 70.7 Å². The van der Waals surface area contributed by atoms with Gasteiger partial charge in [0, 0.05) is 43.7 Å². The number of hydrogen-bond donors (Lipinski definition) is 0. The maximum absolute atomic E-state index is 6.21. The topological polar surface area (TPSA) is 18.5 Å². The minimum atomic E-state index is -0.320. The molecule has 0 N–H and O–H groups in total. The summed E-state index contributed by atoms with van der Waals surface area (Å²) in [6, 6.07) is 61.3. The molecule has 0 radical (unpaired) electrons. The van der Waals surface area contributed by atoms with Gasteiger partial charge < -0.3 is 9.31 Å². The molecule has 0 atom stereocenters. The minimum absolute atomic E-state index is 0.317. The SMILES string of the molecule is C#CC.CC#Cc1ccc(Cl)cc1-c1ccccc1.CC#Cc1ccc(Cl)cc1Br.Cc1cc2ccc(B3OC(C)(C)C(C)(C)O3)cc2c2ccccc12.Cc1cc2ccc(Cl)cc2c2ccccc12.Clc1ccc(I)c(Br)c1. The Hall–Kier alpha value is -5.25. The van der Waals surface area contributed by atoms with Gasteiger partial charge in [0.1, 0.15) is 0 Å². The zero-order valence-corrected chi connectivity index (χ0v) is 53.8. The molecule has 1 aliphatic heterocycles. The van der Waals surface area contributed by atoms with Crippen LogP contribution >= 0.6 is 101 Å². The van der Waals surface area contributed by atoms with Gasteiger partial charge in [-0.3, -0.25) is 0 Å². The maximum Gasteiger partial charge on any atom is 0.494 e. The standard InChI is InChI=1S/C21H23BO2.2C15H11Cl.C9H6BrCl.C6H3BrClI.C3H4/c1-14-12-15-10-11-16(22-23-20(2,3)21(4,5)24-22)13-19(15)18-9-7-6-8-17(14)18;1-10-8-11-6-7-12(16)9-15(11)14-5-3-2-4-13(10)14;1-2-6-12-9-10-14(16)11-15(12)13-7-4-3-5-8-13;1-2-3-7-4-5-8(11)6-9(7)10;7-5-3-4(8)1-2-6(5)9;1-3-2/h6-13H,1-5H3;2-9H,1H3;3-5,7-11H,1H3;4-6H,1H3;1-3H;1H,2H3. The lowest BCUT2D eigenvalue weighted by atomic mass is 9.77. The summed E-state index contributed by atoms with van der Waals surface area (Å²) in [6.45, 7) is 18.0. The van der Waals surface area contributed by atoms with Crippen LogP contribution in [-0.2, 0) is 9.31 Å². The van der Waals surface area contributed by atoms with Gasteiger partial charge in [0.05, 0.1) is 11.2 Å². The molecular weight excluding hydrogens is 1300 g/mol. The molecule has 0 aliphatic carbocycles. The Bertz CT molecular complexity index is 3930. The van der Waals surface area contributed by atoms with Gasteiger partial charge in [-0.25, -0.2) is 0 Å². The highest BCUT2D eigenvalue weighted by molar-refractivity contribution is 14.1. The lowest BCUT2D eigenvalue weighted by molar-refractivity contribution is 0.00578. The Morgan fingerprint density at radius 1 is 0.468 bits per heavy atom. The maximum atomic E-state index is 6.21. The molecule has 0 amide bonds. The van der Waals surface area contributed by atoms with Gasteiger partial charge >= 0.3 is 7.12 Å². The van der Waals surface area contributed by atoms with Crippen LogP contribution in [-0.4, -0.2) is 18.3 Å². The normalized spacial score (nSPS) is 12.4. The van der Waals surface area contributed by atoms with E-state index in [-0.39, 0.29) is 18.3 Å². The summed E-state index contributed by atoms with van der Waals surface area (Å²) in [5, 5.41) is 13.2. The van der Waals surface area contributed by atoms with Crippen molar-refractivity contribution >= 4 is 157 Å². The number of halogens is 7. The predicted octanol–water partition coefficient (Wildman–Crippen LogP) is 21.8. The fraction of sp³-hybridized carbons (Fsp3) is 0.159. The summed E-state index contributed by atoms with van der Waals surface area (Å²) in [5.41, 5.74) is 7.27. The molecule has 1 fully saturated rings. The Labute approximate surface area is 518 Å². The largest absolute Gasteiger partial charge is 0.494 e. The molecule has 0 bridgehead atoms. The number of aryl methyl sites for hydroxylation is 2. The highest BCUT2D eigenvalue weighted by atomic mass is 127. The van der Waals surface area contributed by atoms with E-state index in [9.17, 15) is 0 Å². The average Bonchev–Trinajstić information content (AvgIpc) is 3.76. The molecule has 79 heavy (non-hydrogen) atoms. The first-order chi connectivity index (χ1) is 37.7. The number of rotatable bonds is 2. The Morgan fingerprint density at radius 3 is 1.39 bits per heavy atom. The van der Waals surface area contributed by atoms with Crippen molar-refractivity contribution in [2.75, 3.05) is 0 Å². The number of terminal acetylenes is 1. The van der Waals surface area contributed by atoms with E-state index in [1.165, 1.54) is 57.8 Å². The molecule has 1 saturated heterocycles. The molecule has 1 heterocycles. The van der Waals surface area contributed by atoms with E-state index in [4.69, 9.17) is 55.7 Å². The quantitative estimate of drug-likeness (QED) is 0.0565. The molecule has 0 spiro atoms. The minimum Gasteiger partial charge on any atom is -0.399 e. The molecule has 398 valence electrons. The van der Waals surface area contributed by atoms with E-state index >= 15 is 0 Å². The zero-order valence-electron chi connectivity index (χ0n) is 45.4. The molecule has 10 aromatic carbocycles. The summed E-state index contributed by atoms with van der Waals surface area (Å²) in [6.07, 6.45) is 4.60. The molecule has 10 aromatic rings. The second kappa shape index (κ2) is 29.5.